The van der Waals surface area contributed by atoms with Crippen molar-refractivity contribution in [3.63, 3.8) is 0 Å². The number of anilines is 2. The number of methoxy groups -OCH3 is 1. The van der Waals surface area contributed by atoms with Crippen molar-refractivity contribution in [1.29, 1.82) is 0 Å². The Hall–Kier alpha value is -5.62. The molecule has 4 atom stereocenters. The van der Waals surface area contributed by atoms with E-state index in [0.29, 0.717) is 42.1 Å². The van der Waals surface area contributed by atoms with E-state index in [1.165, 1.54) is 27.1 Å². The molecule has 1 unspecified atom stereocenters. The fraction of sp³-hybridized carbons (Fsp3) is 0.438. The van der Waals surface area contributed by atoms with Crippen LogP contribution in [0.5, 0.6) is 5.75 Å². The van der Waals surface area contributed by atoms with Gasteiger partial charge in [-0.05, 0) is 43.9 Å². The van der Waals surface area contributed by atoms with Gasteiger partial charge in [0, 0.05) is 39.5 Å². The fourth-order valence-corrected chi connectivity index (χ4v) is 7.07. The molecule has 0 bridgehead atoms. The monoisotopic (exact) mass is 687 g/mol. The Morgan fingerprint density at radius 3 is 2.60 bits per heavy atom. The number of nitrogens with two attached hydrogens (primary N) is 1. The average molecular weight is 688 g/mol. The molecule has 1 aliphatic heterocycles. The van der Waals surface area contributed by atoms with Gasteiger partial charge in [0.1, 0.15) is 29.3 Å². The molecule has 1 fully saturated rings. The first kappa shape index (κ1) is 32.9. The van der Waals surface area contributed by atoms with Crippen molar-refractivity contribution in [2.45, 2.75) is 64.0 Å². The summed E-state index contributed by atoms with van der Waals surface area (Å²) in [5.74, 6) is -0.136. The third-order valence-electron chi connectivity index (χ3n) is 9.48. The molecule has 4 aromatic heterocycles. The number of rotatable bonds is 8. The largest absolute Gasteiger partial charge is 0.496 e. The molecule has 0 saturated carbocycles. The highest BCUT2D eigenvalue weighted by atomic mass is 16.5. The van der Waals surface area contributed by atoms with E-state index in [4.69, 9.17) is 20.2 Å². The Kier molecular flexibility index (Phi) is 8.14. The molecule has 18 heteroatoms. The Labute approximate surface area is 283 Å². The minimum absolute atomic E-state index is 0.00813. The Balaban J connectivity index is 1.17. The summed E-state index contributed by atoms with van der Waals surface area (Å²) in [6, 6.07) is 3.51. The van der Waals surface area contributed by atoms with Gasteiger partial charge in [0.15, 0.2) is 28.9 Å². The number of likely N-dealkylation sites (N-methyl/N-ethyl adjacent to an activating group) is 1. The molecule has 5 aromatic rings. The summed E-state index contributed by atoms with van der Waals surface area (Å²) < 4.78 is 17.4. The van der Waals surface area contributed by atoms with Crippen LogP contribution in [0.15, 0.2) is 28.0 Å². The van der Waals surface area contributed by atoms with Crippen molar-refractivity contribution in [2.75, 3.05) is 24.7 Å². The molecular weight excluding hydrogens is 650 g/mol. The number of fused-ring (bicyclic) bond motifs is 3. The van der Waals surface area contributed by atoms with E-state index in [2.05, 4.69) is 25.6 Å². The molecule has 0 radical (unpaired) electrons. The summed E-state index contributed by atoms with van der Waals surface area (Å²) in [5.41, 5.74) is 8.50. The number of nitrogens with one attached hydrogen (secondary N) is 2. The van der Waals surface area contributed by atoms with Crippen LogP contribution in [0.3, 0.4) is 0 Å². The Morgan fingerprint density at radius 1 is 1.10 bits per heavy atom. The minimum atomic E-state index is -1.03. The second kappa shape index (κ2) is 12.4. The summed E-state index contributed by atoms with van der Waals surface area (Å²) in [6.07, 6.45) is -0.337. The summed E-state index contributed by atoms with van der Waals surface area (Å²) >= 11 is 0. The summed E-state index contributed by atoms with van der Waals surface area (Å²) in [4.78, 5) is 69.7. The summed E-state index contributed by atoms with van der Waals surface area (Å²) in [6.45, 7) is 4.20. The molecule has 5 N–H and O–H groups in total. The van der Waals surface area contributed by atoms with E-state index in [0.717, 1.165) is 11.1 Å². The van der Waals surface area contributed by atoms with Gasteiger partial charge in [-0.1, -0.05) is 6.07 Å². The lowest BCUT2D eigenvalue weighted by Crippen LogP contribution is -2.39. The van der Waals surface area contributed by atoms with Crippen molar-refractivity contribution < 1.29 is 24.2 Å². The number of imidazole rings is 2. The topological polar surface area (TPSA) is 228 Å². The van der Waals surface area contributed by atoms with Crippen molar-refractivity contribution in [3.05, 3.63) is 61.8 Å². The van der Waals surface area contributed by atoms with Gasteiger partial charge in [-0.3, -0.25) is 33.4 Å². The van der Waals surface area contributed by atoms with Gasteiger partial charge < -0.3 is 30.2 Å². The van der Waals surface area contributed by atoms with E-state index in [1.54, 1.807) is 38.6 Å². The highest BCUT2D eigenvalue weighted by Crippen LogP contribution is 2.41. The zero-order valence-corrected chi connectivity index (χ0v) is 28.1. The third-order valence-corrected chi connectivity index (χ3v) is 9.48. The van der Waals surface area contributed by atoms with Gasteiger partial charge in [-0.25, -0.2) is 14.8 Å². The Morgan fingerprint density at radius 2 is 1.88 bits per heavy atom. The number of ether oxygens (including phenoxy) is 2. The number of nitrogens with zero attached hydrogens (tertiary/aromatic N) is 8. The smallest absolute Gasteiger partial charge is 0.332 e. The summed E-state index contributed by atoms with van der Waals surface area (Å²) in [5, 5.41) is 16.1. The zero-order valence-electron chi connectivity index (χ0n) is 28.1. The molecule has 1 saturated heterocycles. The lowest BCUT2D eigenvalue weighted by molar-refractivity contribution is -0.134. The van der Waals surface area contributed by atoms with Crippen LogP contribution < -0.4 is 32.4 Å². The number of aliphatic hydroxyl groups excluding tert-OH is 1. The van der Waals surface area contributed by atoms with Gasteiger partial charge in [0.25, 0.3) is 11.5 Å². The highest BCUT2D eigenvalue weighted by Gasteiger charge is 2.40. The lowest BCUT2D eigenvalue weighted by atomic mass is 10.0. The van der Waals surface area contributed by atoms with Crippen molar-refractivity contribution in [1.82, 2.24) is 43.5 Å². The number of benzene rings is 1. The lowest BCUT2D eigenvalue weighted by Gasteiger charge is -2.17. The maximum absolute atomic E-state index is 13.7. The van der Waals surface area contributed by atoms with E-state index in [-0.39, 0.29) is 53.3 Å². The second-order valence-corrected chi connectivity index (χ2v) is 12.4. The second-order valence-electron chi connectivity index (χ2n) is 12.4. The molecular formula is C32H37N11O7. The first-order chi connectivity index (χ1) is 24.0. The van der Waals surface area contributed by atoms with Crippen molar-refractivity contribution in [2.24, 2.45) is 14.1 Å². The third kappa shape index (κ3) is 5.09. The predicted octanol–water partition coefficient (Wildman–Crippen LogP) is 0.103. The van der Waals surface area contributed by atoms with Crippen LogP contribution in [-0.2, 0) is 43.0 Å². The molecule has 2 amide bonds. The van der Waals surface area contributed by atoms with Crippen LogP contribution in [0.2, 0.25) is 0 Å². The molecule has 1 aliphatic carbocycles. The van der Waals surface area contributed by atoms with Gasteiger partial charge >= 0.3 is 5.69 Å². The zero-order chi connectivity index (χ0) is 35.6. The van der Waals surface area contributed by atoms with Crippen LogP contribution in [0.1, 0.15) is 59.7 Å². The molecule has 50 heavy (non-hydrogen) atoms. The number of hydrogen-bond acceptors (Lipinski definition) is 12. The fourth-order valence-electron chi connectivity index (χ4n) is 7.07. The van der Waals surface area contributed by atoms with Gasteiger partial charge in [0.05, 0.1) is 19.0 Å². The normalized spacial score (nSPS) is 20.0. The van der Waals surface area contributed by atoms with Crippen molar-refractivity contribution >= 4 is 45.9 Å². The number of hydrogen-bond donors (Lipinski definition) is 4. The number of carbonyl (C=O) groups is 2. The minimum Gasteiger partial charge on any atom is -0.496 e. The maximum atomic E-state index is 13.7. The van der Waals surface area contributed by atoms with Crippen molar-refractivity contribution in [3.8, 4) is 5.75 Å². The maximum Gasteiger partial charge on any atom is 0.332 e. The van der Waals surface area contributed by atoms with Gasteiger partial charge in [-0.2, -0.15) is 9.97 Å². The molecule has 5 heterocycles. The first-order valence-electron chi connectivity index (χ1n) is 16.2. The number of amides is 2. The number of nitrogen functional groups attached to an aromatic ring is 1. The average Bonchev–Trinajstić information content (AvgIpc) is 3.87. The SMILES string of the molecule is CCNC(=O)[C@@H]1C[C@@H](O)[C@H](n2cnc3c(N)nc(NC(=O)c4ccc5c(c4OC)CC(c4nc6c(c(=O)n(CC)c(=O)n6C)n4C)C5)nc32)O1. The van der Waals surface area contributed by atoms with Crippen LogP contribution in [0.25, 0.3) is 22.3 Å². The standard InChI is InChI=1S/C32H37N11O7/c1-6-34-28(46)19-12-18(44)30(50-19)43-13-35-20-23(33)36-31(38-25(20)43)39-27(45)16-9-8-14-10-15(11-17(14)22(16)49-5)24-37-26-21(40(24)3)29(47)42(7-2)32(48)41(26)4/h8-9,13,15,18-19,30,44H,6-7,10-12H2,1-5H3,(H,34,46)(H3,33,36,38,39,45)/t15?,18-,19+,30-/m1/s1. The number of carbonyl (C=O) groups excluding carboxylic acids is 2. The molecule has 2 aliphatic rings. The van der Waals surface area contributed by atoms with E-state index in [1.807, 2.05) is 6.07 Å². The number of aromatic nitrogens is 8. The molecule has 0 spiro atoms. The number of aryl methyl sites for hydroxylation is 2. The molecule has 262 valence electrons. The van der Waals surface area contributed by atoms with Crippen LogP contribution in [0, 0.1) is 0 Å². The van der Waals surface area contributed by atoms with Gasteiger partial charge in [-0.15, -0.1) is 0 Å². The van der Waals surface area contributed by atoms with Crippen LogP contribution >= 0.6 is 0 Å². The van der Waals surface area contributed by atoms with Crippen LogP contribution in [0.4, 0.5) is 11.8 Å². The quantitative estimate of drug-likeness (QED) is 0.170. The molecule has 1 aromatic carbocycles. The first-order valence-corrected chi connectivity index (χ1v) is 16.2. The predicted molar refractivity (Wildman–Crippen MR) is 180 cm³/mol. The van der Waals surface area contributed by atoms with E-state index >= 15 is 0 Å². The van der Waals surface area contributed by atoms with E-state index < -0.39 is 35.6 Å². The van der Waals surface area contributed by atoms with Crippen LogP contribution in [-0.4, -0.2) is 81.0 Å². The Bertz CT molecular complexity index is 2320. The van der Waals surface area contributed by atoms with E-state index in [9.17, 15) is 24.3 Å². The molecule has 7 rings (SSSR count). The van der Waals surface area contributed by atoms with Gasteiger partial charge in [0.2, 0.25) is 11.9 Å². The molecule has 18 nitrogen and oxygen atoms in total. The summed E-state index contributed by atoms with van der Waals surface area (Å²) in [7, 11) is 4.85. The number of aliphatic hydroxyl groups is 1. The highest BCUT2D eigenvalue weighted by molar-refractivity contribution is 6.06.